The number of allylic oxidation sites excluding steroid dienone is 3. The van der Waals surface area contributed by atoms with Crippen molar-refractivity contribution in [2.45, 2.75) is 13.8 Å². The molecule has 0 amide bonds. The number of nitrogens with zero attached hydrogens (tertiary/aromatic N) is 2. The summed E-state index contributed by atoms with van der Waals surface area (Å²) in [6, 6.07) is 0. The average molecular weight is 255 g/mol. The molecule has 2 nitrogen and oxygen atoms in total. The summed E-state index contributed by atoms with van der Waals surface area (Å²) in [5.74, 6) is 0.623. The molecule has 0 fully saturated rings. The van der Waals surface area contributed by atoms with E-state index in [-0.39, 0.29) is 0 Å². The van der Waals surface area contributed by atoms with Gasteiger partial charge in [-0.05, 0) is 24.8 Å². The lowest BCUT2D eigenvalue weighted by Crippen LogP contribution is -2.22. The van der Waals surface area contributed by atoms with Crippen LogP contribution in [0.3, 0.4) is 0 Å². The van der Waals surface area contributed by atoms with Gasteiger partial charge < -0.3 is 4.90 Å². The molecule has 0 unspecified atom stereocenters. The summed E-state index contributed by atoms with van der Waals surface area (Å²) in [4.78, 5) is 5.97. The SMILES string of the molecule is C=N/C=C1/C=C(Br)C=CN1CC(C)C. The standard InChI is InChI=1S/C11H15BrN2/c1-9(2)8-14-5-4-10(12)6-11(14)7-13-3/h4-7,9H,3,8H2,1-2H3/b11-7-. The summed E-state index contributed by atoms with van der Waals surface area (Å²) >= 11 is 3.44. The lowest BCUT2D eigenvalue weighted by Gasteiger charge is -2.25. The molecule has 0 spiro atoms. The zero-order chi connectivity index (χ0) is 10.6. The van der Waals surface area contributed by atoms with E-state index in [1.54, 1.807) is 6.20 Å². The molecule has 0 aromatic rings. The van der Waals surface area contributed by atoms with Crippen LogP contribution in [-0.4, -0.2) is 18.2 Å². The third-order valence-corrected chi connectivity index (χ3v) is 2.31. The molecule has 14 heavy (non-hydrogen) atoms. The van der Waals surface area contributed by atoms with Crippen molar-refractivity contribution in [3.05, 3.63) is 34.7 Å². The number of aliphatic imine (C=N–C) groups is 1. The van der Waals surface area contributed by atoms with Gasteiger partial charge in [0.1, 0.15) is 0 Å². The van der Waals surface area contributed by atoms with Crippen molar-refractivity contribution >= 4 is 22.6 Å². The molecule has 0 bridgehead atoms. The zero-order valence-electron chi connectivity index (χ0n) is 8.57. The highest BCUT2D eigenvalue weighted by atomic mass is 79.9. The van der Waals surface area contributed by atoms with Crippen LogP contribution in [0.5, 0.6) is 0 Å². The minimum Gasteiger partial charge on any atom is -0.346 e. The van der Waals surface area contributed by atoms with Crippen LogP contribution in [-0.2, 0) is 0 Å². The molecular weight excluding hydrogens is 240 g/mol. The quantitative estimate of drug-likeness (QED) is 0.706. The first kappa shape index (κ1) is 11.2. The summed E-state index contributed by atoms with van der Waals surface area (Å²) in [5, 5.41) is 0. The van der Waals surface area contributed by atoms with E-state index in [1.807, 2.05) is 12.2 Å². The molecule has 1 rings (SSSR count). The topological polar surface area (TPSA) is 15.6 Å². The summed E-state index contributed by atoms with van der Waals surface area (Å²) in [5.41, 5.74) is 1.07. The van der Waals surface area contributed by atoms with Gasteiger partial charge in [0, 0.05) is 23.4 Å². The van der Waals surface area contributed by atoms with Gasteiger partial charge in [-0.3, -0.25) is 4.99 Å². The van der Waals surface area contributed by atoms with Crippen molar-refractivity contribution in [3.63, 3.8) is 0 Å². The monoisotopic (exact) mass is 254 g/mol. The molecule has 0 aromatic carbocycles. The Hall–Kier alpha value is -0.830. The van der Waals surface area contributed by atoms with Crippen LogP contribution in [0, 0.1) is 5.92 Å². The lowest BCUT2D eigenvalue weighted by atomic mass is 10.2. The van der Waals surface area contributed by atoms with Crippen LogP contribution >= 0.6 is 15.9 Å². The summed E-state index contributed by atoms with van der Waals surface area (Å²) in [7, 11) is 0. The van der Waals surface area contributed by atoms with Crippen LogP contribution in [0.4, 0.5) is 0 Å². The molecule has 0 radical (unpaired) electrons. The maximum Gasteiger partial charge on any atom is 0.0603 e. The molecule has 76 valence electrons. The van der Waals surface area contributed by atoms with Gasteiger partial charge in [-0.15, -0.1) is 0 Å². The Morgan fingerprint density at radius 1 is 1.64 bits per heavy atom. The molecule has 0 aliphatic carbocycles. The Bertz CT molecular complexity index is 300. The van der Waals surface area contributed by atoms with E-state index in [0.29, 0.717) is 5.92 Å². The predicted molar refractivity (Wildman–Crippen MR) is 65.3 cm³/mol. The predicted octanol–water partition coefficient (Wildman–Crippen LogP) is 3.29. The number of hydrogen-bond donors (Lipinski definition) is 0. The van der Waals surface area contributed by atoms with Crippen molar-refractivity contribution in [2.24, 2.45) is 10.9 Å². The fourth-order valence-corrected chi connectivity index (χ4v) is 1.64. The van der Waals surface area contributed by atoms with Crippen molar-refractivity contribution in [1.82, 2.24) is 4.90 Å². The normalized spacial score (nSPS) is 19.0. The minimum absolute atomic E-state index is 0.623. The van der Waals surface area contributed by atoms with E-state index in [4.69, 9.17) is 0 Å². The van der Waals surface area contributed by atoms with E-state index in [9.17, 15) is 0 Å². The maximum atomic E-state index is 3.80. The van der Waals surface area contributed by atoms with E-state index >= 15 is 0 Å². The highest BCUT2D eigenvalue weighted by Gasteiger charge is 2.10. The molecule has 1 aliphatic rings. The second kappa shape index (κ2) is 5.15. The van der Waals surface area contributed by atoms with Crippen LogP contribution < -0.4 is 0 Å². The smallest absolute Gasteiger partial charge is 0.0603 e. The van der Waals surface area contributed by atoms with Crippen LogP contribution in [0.25, 0.3) is 0 Å². The summed E-state index contributed by atoms with van der Waals surface area (Å²) in [6.07, 6.45) is 7.90. The molecule has 0 N–H and O–H groups in total. The Labute approximate surface area is 93.8 Å². The van der Waals surface area contributed by atoms with Gasteiger partial charge in [0.25, 0.3) is 0 Å². The minimum atomic E-state index is 0.623. The second-order valence-electron chi connectivity index (χ2n) is 3.63. The number of hydrogen-bond acceptors (Lipinski definition) is 2. The zero-order valence-corrected chi connectivity index (χ0v) is 10.2. The molecular formula is C11H15BrN2. The first-order valence-corrected chi connectivity index (χ1v) is 5.41. The summed E-state index contributed by atoms with van der Waals surface area (Å²) in [6.45, 7) is 8.86. The lowest BCUT2D eigenvalue weighted by molar-refractivity contribution is 0.403. The maximum absolute atomic E-state index is 3.80. The molecule has 0 atom stereocenters. The fraction of sp³-hybridized carbons (Fsp3) is 0.364. The van der Waals surface area contributed by atoms with Gasteiger partial charge in [-0.25, -0.2) is 0 Å². The number of halogens is 1. The Morgan fingerprint density at radius 3 is 2.93 bits per heavy atom. The van der Waals surface area contributed by atoms with Crippen molar-refractivity contribution in [2.75, 3.05) is 6.54 Å². The van der Waals surface area contributed by atoms with E-state index < -0.39 is 0 Å². The Kier molecular flexibility index (Phi) is 4.14. The first-order chi connectivity index (χ1) is 6.63. The van der Waals surface area contributed by atoms with Gasteiger partial charge in [-0.2, -0.15) is 0 Å². The van der Waals surface area contributed by atoms with Gasteiger partial charge in [0.15, 0.2) is 0 Å². The molecule has 3 heteroatoms. The largest absolute Gasteiger partial charge is 0.346 e. The van der Waals surface area contributed by atoms with E-state index in [1.165, 1.54) is 0 Å². The Morgan fingerprint density at radius 2 is 2.36 bits per heavy atom. The third kappa shape index (κ3) is 3.14. The van der Waals surface area contributed by atoms with Gasteiger partial charge in [0.05, 0.1) is 5.70 Å². The first-order valence-electron chi connectivity index (χ1n) is 4.61. The van der Waals surface area contributed by atoms with Crippen LogP contribution in [0.2, 0.25) is 0 Å². The van der Waals surface area contributed by atoms with Crippen molar-refractivity contribution < 1.29 is 0 Å². The third-order valence-electron chi connectivity index (χ3n) is 1.82. The van der Waals surface area contributed by atoms with Crippen LogP contribution in [0.15, 0.2) is 39.7 Å². The van der Waals surface area contributed by atoms with Gasteiger partial charge in [0.2, 0.25) is 0 Å². The highest BCUT2D eigenvalue weighted by molar-refractivity contribution is 9.11. The molecule has 0 saturated carbocycles. The van der Waals surface area contributed by atoms with E-state index in [2.05, 4.69) is 52.6 Å². The molecule has 1 heterocycles. The van der Waals surface area contributed by atoms with Crippen molar-refractivity contribution in [1.29, 1.82) is 0 Å². The van der Waals surface area contributed by atoms with Gasteiger partial charge >= 0.3 is 0 Å². The average Bonchev–Trinajstić information content (AvgIpc) is 2.09. The second-order valence-corrected chi connectivity index (χ2v) is 4.54. The van der Waals surface area contributed by atoms with Crippen molar-refractivity contribution in [3.8, 4) is 0 Å². The van der Waals surface area contributed by atoms with E-state index in [0.717, 1.165) is 16.7 Å². The highest BCUT2D eigenvalue weighted by Crippen LogP contribution is 2.21. The van der Waals surface area contributed by atoms with Crippen LogP contribution in [0.1, 0.15) is 13.8 Å². The molecule has 0 aromatic heterocycles. The molecule has 0 saturated heterocycles. The Balaban J connectivity index is 2.81. The number of rotatable bonds is 3. The fourth-order valence-electron chi connectivity index (χ4n) is 1.28. The van der Waals surface area contributed by atoms with Gasteiger partial charge in [-0.1, -0.05) is 29.8 Å². The molecule has 1 aliphatic heterocycles. The summed E-state index contributed by atoms with van der Waals surface area (Å²) < 4.78 is 1.06.